The van der Waals surface area contributed by atoms with Crippen LogP contribution >= 0.6 is 0 Å². The first-order valence-electron chi connectivity index (χ1n) is 9.30. The third-order valence-corrected chi connectivity index (χ3v) is 5.73. The van der Waals surface area contributed by atoms with Gasteiger partial charge in [-0.15, -0.1) is 0 Å². The van der Waals surface area contributed by atoms with Crippen LogP contribution in [0.1, 0.15) is 59.3 Å². The van der Waals surface area contributed by atoms with E-state index in [0.717, 1.165) is 25.9 Å². The molecule has 2 fully saturated rings. The van der Waals surface area contributed by atoms with Gasteiger partial charge < -0.3 is 19.3 Å². The van der Waals surface area contributed by atoms with Crippen molar-refractivity contribution in [2.45, 2.75) is 83.4 Å². The molecular formula is C19H32O4. The van der Waals surface area contributed by atoms with Gasteiger partial charge in [0.2, 0.25) is 0 Å². The minimum Gasteiger partial charge on any atom is -0.498 e. The third kappa shape index (κ3) is 3.92. The van der Waals surface area contributed by atoms with Gasteiger partial charge in [-0.1, -0.05) is 27.2 Å². The fourth-order valence-electron chi connectivity index (χ4n) is 4.57. The molecule has 1 saturated carbocycles. The Balaban J connectivity index is 1.67. The molecule has 5 unspecified atom stereocenters. The predicted octanol–water partition coefficient (Wildman–Crippen LogP) is 3.63. The molecule has 1 N–H and O–H groups in total. The molecule has 1 saturated heterocycles. The van der Waals surface area contributed by atoms with Crippen LogP contribution in [0.5, 0.6) is 0 Å². The first-order chi connectivity index (χ1) is 11.0. The summed E-state index contributed by atoms with van der Waals surface area (Å²) in [6, 6.07) is 0. The summed E-state index contributed by atoms with van der Waals surface area (Å²) in [4.78, 5) is 0. The lowest BCUT2D eigenvalue weighted by atomic mass is 9.72. The molecule has 23 heavy (non-hydrogen) atoms. The average Bonchev–Trinajstić information content (AvgIpc) is 2.46. The van der Waals surface area contributed by atoms with E-state index in [0.29, 0.717) is 24.2 Å². The van der Waals surface area contributed by atoms with E-state index < -0.39 is 5.79 Å². The van der Waals surface area contributed by atoms with Gasteiger partial charge in [0.15, 0.2) is 5.79 Å². The van der Waals surface area contributed by atoms with Gasteiger partial charge in [0, 0.05) is 25.2 Å². The number of aliphatic hydroxyl groups excluding tert-OH is 1. The molecule has 0 radical (unpaired) electrons. The van der Waals surface area contributed by atoms with E-state index in [1.807, 2.05) is 0 Å². The van der Waals surface area contributed by atoms with Gasteiger partial charge in [-0.2, -0.15) is 0 Å². The van der Waals surface area contributed by atoms with Crippen molar-refractivity contribution >= 4 is 0 Å². The zero-order valence-electron chi connectivity index (χ0n) is 14.7. The lowest BCUT2D eigenvalue weighted by Gasteiger charge is -2.51. The summed E-state index contributed by atoms with van der Waals surface area (Å²) in [6.07, 6.45) is 9.04. The first-order valence-corrected chi connectivity index (χ1v) is 9.30. The topological polar surface area (TPSA) is 47.9 Å². The van der Waals surface area contributed by atoms with Gasteiger partial charge in [0.25, 0.3) is 0 Å². The minimum absolute atomic E-state index is 0.0497. The smallest absolute Gasteiger partial charge is 0.171 e. The summed E-state index contributed by atoms with van der Waals surface area (Å²) in [7, 11) is 0. The summed E-state index contributed by atoms with van der Waals surface area (Å²) in [5.41, 5.74) is 0. The lowest BCUT2D eigenvalue weighted by molar-refractivity contribution is -0.341. The predicted molar refractivity (Wildman–Crippen MR) is 88.8 cm³/mol. The van der Waals surface area contributed by atoms with E-state index in [1.165, 1.54) is 12.8 Å². The highest BCUT2D eigenvalue weighted by Gasteiger charge is 2.49. The summed E-state index contributed by atoms with van der Waals surface area (Å²) < 4.78 is 18.5. The molecule has 0 bridgehead atoms. The van der Waals surface area contributed by atoms with E-state index in [2.05, 4.69) is 20.8 Å². The van der Waals surface area contributed by atoms with Crippen molar-refractivity contribution in [1.82, 2.24) is 0 Å². The Morgan fingerprint density at radius 2 is 2.04 bits per heavy atom. The fraction of sp³-hybridized carbons (Fsp3) is 0.895. The number of rotatable bonds is 3. The SMILES string of the molecule is CC(C)C1CC[C@@H](C)CC12OCCC(CC1CC(O)C=CO1)O2. The average molecular weight is 324 g/mol. The van der Waals surface area contributed by atoms with Crippen LogP contribution in [0.4, 0.5) is 0 Å². The van der Waals surface area contributed by atoms with Crippen molar-refractivity contribution in [3.05, 3.63) is 12.3 Å². The van der Waals surface area contributed by atoms with Crippen LogP contribution in [-0.4, -0.2) is 35.8 Å². The lowest BCUT2D eigenvalue weighted by Crippen LogP contribution is -2.55. The molecule has 2 aliphatic heterocycles. The zero-order chi connectivity index (χ0) is 16.4. The molecule has 0 amide bonds. The van der Waals surface area contributed by atoms with Crippen molar-refractivity contribution in [3.63, 3.8) is 0 Å². The molecule has 1 spiro atoms. The minimum atomic E-state index is -0.405. The van der Waals surface area contributed by atoms with Gasteiger partial charge in [-0.3, -0.25) is 0 Å². The Morgan fingerprint density at radius 1 is 1.22 bits per heavy atom. The van der Waals surface area contributed by atoms with E-state index in [1.54, 1.807) is 12.3 Å². The van der Waals surface area contributed by atoms with Crippen LogP contribution in [0.15, 0.2) is 12.3 Å². The normalized spacial score (nSPS) is 44.5. The van der Waals surface area contributed by atoms with Gasteiger partial charge in [0.1, 0.15) is 6.10 Å². The van der Waals surface area contributed by atoms with Crippen molar-refractivity contribution in [2.24, 2.45) is 17.8 Å². The molecule has 3 rings (SSSR count). The van der Waals surface area contributed by atoms with Crippen molar-refractivity contribution in [3.8, 4) is 0 Å². The van der Waals surface area contributed by atoms with Gasteiger partial charge in [-0.25, -0.2) is 0 Å². The second-order valence-corrected chi connectivity index (χ2v) is 8.05. The van der Waals surface area contributed by atoms with Gasteiger partial charge in [-0.05, 0) is 30.8 Å². The van der Waals surface area contributed by atoms with Crippen LogP contribution in [0, 0.1) is 17.8 Å². The second kappa shape index (κ2) is 7.12. The quantitative estimate of drug-likeness (QED) is 0.861. The molecule has 6 atom stereocenters. The van der Waals surface area contributed by atoms with Gasteiger partial charge >= 0.3 is 0 Å². The van der Waals surface area contributed by atoms with Crippen LogP contribution in [0.25, 0.3) is 0 Å². The first kappa shape index (κ1) is 17.2. The van der Waals surface area contributed by atoms with Crippen LogP contribution in [0.3, 0.4) is 0 Å². The highest BCUT2D eigenvalue weighted by molar-refractivity contribution is 4.94. The molecule has 4 heteroatoms. The second-order valence-electron chi connectivity index (χ2n) is 8.05. The summed E-state index contributed by atoms with van der Waals surface area (Å²) >= 11 is 0. The van der Waals surface area contributed by atoms with E-state index in [4.69, 9.17) is 14.2 Å². The monoisotopic (exact) mass is 324 g/mol. The van der Waals surface area contributed by atoms with Gasteiger partial charge in [0.05, 0.1) is 25.1 Å². The molecule has 0 aromatic carbocycles. The van der Waals surface area contributed by atoms with E-state index >= 15 is 0 Å². The Hall–Kier alpha value is -0.580. The number of ether oxygens (including phenoxy) is 3. The third-order valence-electron chi connectivity index (χ3n) is 5.73. The summed E-state index contributed by atoms with van der Waals surface area (Å²) in [5, 5.41) is 9.77. The maximum absolute atomic E-state index is 9.77. The van der Waals surface area contributed by atoms with Crippen LogP contribution in [-0.2, 0) is 14.2 Å². The molecule has 2 heterocycles. The van der Waals surface area contributed by atoms with E-state index in [9.17, 15) is 5.11 Å². The molecule has 4 nitrogen and oxygen atoms in total. The largest absolute Gasteiger partial charge is 0.498 e. The van der Waals surface area contributed by atoms with Crippen molar-refractivity contribution in [2.75, 3.05) is 6.61 Å². The fourth-order valence-corrected chi connectivity index (χ4v) is 4.57. The Labute approximate surface area is 140 Å². The molecule has 0 aromatic rings. The molecule has 3 aliphatic rings. The Bertz CT molecular complexity index is 422. The molecule has 132 valence electrons. The van der Waals surface area contributed by atoms with Crippen LogP contribution < -0.4 is 0 Å². The van der Waals surface area contributed by atoms with E-state index in [-0.39, 0.29) is 18.3 Å². The molecule has 1 aliphatic carbocycles. The van der Waals surface area contributed by atoms with Crippen molar-refractivity contribution < 1.29 is 19.3 Å². The van der Waals surface area contributed by atoms with Crippen LogP contribution in [0.2, 0.25) is 0 Å². The Morgan fingerprint density at radius 3 is 2.78 bits per heavy atom. The summed E-state index contributed by atoms with van der Waals surface area (Å²) in [5.74, 6) is 1.29. The Kier molecular flexibility index (Phi) is 5.34. The highest BCUT2D eigenvalue weighted by Crippen LogP contribution is 2.47. The number of hydrogen-bond acceptors (Lipinski definition) is 4. The highest BCUT2D eigenvalue weighted by atomic mass is 16.7. The summed E-state index contributed by atoms with van der Waals surface area (Å²) in [6.45, 7) is 7.64. The molecule has 0 aromatic heterocycles. The maximum atomic E-state index is 9.77. The molecular weight excluding hydrogens is 292 g/mol. The maximum Gasteiger partial charge on any atom is 0.171 e. The zero-order valence-corrected chi connectivity index (χ0v) is 14.7. The number of hydrogen-bond donors (Lipinski definition) is 1. The number of aliphatic hydroxyl groups is 1. The van der Waals surface area contributed by atoms with Crippen molar-refractivity contribution in [1.29, 1.82) is 0 Å². The standard InChI is InChI=1S/C19H32O4/c1-13(2)18-5-4-14(3)12-19(18)22-9-7-16(23-19)11-17-10-15(20)6-8-21-17/h6,8,13-18,20H,4-5,7,9-12H2,1-3H3/t14-,15?,16?,17?,18?,19?/m1/s1.